The summed E-state index contributed by atoms with van der Waals surface area (Å²) < 4.78 is 10.5. The van der Waals surface area contributed by atoms with E-state index in [9.17, 15) is 0 Å². The second kappa shape index (κ2) is 8.01. The number of aliphatic hydroxyl groups excluding tert-OH is 1. The van der Waals surface area contributed by atoms with Crippen LogP contribution in [0.15, 0.2) is 6.33 Å². The van der Waals surface area contributed by atoms with Crippen LogP contribution in [0.2, 0.25) is 0 Å². The molecule has 1 heterocycles. The number of aromatic nitrogens is 2. The maximum Gasteiger partial charge on any atom is 0.224 e. The van der Waals surface area contributed by atoms with Gasteiger partial charge in [-0.15, -0.1) is 0 Å². The van der Waals surface area contributed by atoms with Crippen molar-refractivity contribution in [2.45, 2.75) is 33.2 Å². The predicted octanol–water partition coefficient (Wildman–Crippen LogP) is 1.38. The van der Waals surface area contributed by atoms with Gasteiger partial charge in [0.1, 0.15) is 6.33 Å². The molecular formula is C14H25N3O3. The number of nitrogens with zero attached hydrogens (tertiary/aromatic N) is 2. The van der Waals surface area contributed by atoms with Crippen molar-refractivity contribution in [2.24, 2.45) is 5.41 Å². The summed E-state index contributed by atoms with van der Waals surface area (Å²) in [4.78, 5) is 8.17. The van der Waals surface area contributed by atoms with Gasteiger partial charge in [-0.1, -0.05) is 13.8 Å². The summed E-state index contributed by atoms with van der Waals surface area (Å²) in [5, 5.41) is 12.3. The van der Waals surface area contributed by atoms with Gasteiger partial charge in [0.05, 0.1) is 19.8 Å². The first kappa shape index (κ1) is 16.7. The van der Waals surface area contributed by atoms with E-state index >= 15 is 0 Å². The van der Waals surface area contributed by atoms with Crippen molar-refractivity contribution in [3.8, 4) is 11.8 Å². The monoisotopic (exact) mass is 283 g/mol. The highest BCUT2D eigenvalue weighted by molar-refractivity contribution is 5.34. The van der Waals surface area contributed by atoms with Crippen LogP contribution in [0.3, 0.4) is 0 Å². The molecule has 0 fully saturated rings. The number of nitrogens with one attached hydrogen (secondary N) is 1. The van der Waals surface area contributed by atoms with E-state index in [2.05, 4.69) is 29.1 Å². The highest BCUT2D eigenvalue weighted by Crippen LogP contribution is 2.24. The SMILES string of the molecule is COc1ncnc(OC)c1CNCC(C)(C)CCCO. The van der Waals surface area contributed by atoms with Gasteiger partial charge in [-0.2, -0.15) is 0 Å². The summed E-state index contributed by atoms with van der Waals surface area (Å²) in [6.07, 6.45) is 3.21. The lowest BCUT2D eigenvalue weighted by Gasteiger charge is -2.25. The summed E-state index contributed by atoms with van der Waals surface area (Å²) in [6.45, 7) is 5.98. The summed E-state index contributed by atoms with van der Waals surface area (Å²) in [7, 11) is 3.16. The Morgan fingerprint density at radius 1 is 1.20 bits per heavy atom. The van der Waals surface area contributed by atoms with Gasteiger partial charge in [0, 0.05) is 19.7 Å². The second-order valence-electron chi connectivity index (χ2n) is 5.47. The summed E-state index contributed by atoms with van der Waals surface area (Å²) in [5.41, 5.74) is 0.939. The van der Waals surface area contributed by atoms with Gasteiger partial charge in [-0.3, -0.25) is 0 Å². The van der Waals surface area contributed by atoms with Crippen molar-refractivity contribution in [1.82, 2.24) is 15.3 Å². The average Bonchev–Trinajstić information content (AvgIpc) is 2.45. The van der Waals surface area contributed by atoms with Gasteiger partial charge in [0.2, 0.25) is 11.8 Å². The van der Waals surface area contributed by atoms with Gasteiger partial charge < -0.3 is 19.9 Å². The molecule has 0 atom stereocenters. The van der Waals surface area contributed by atoms with E-state index in [4.69, 9.17) is 14.6 Å². The summed E-state index contributed by atoms with van der Waals surface area (Å²) in [6, 6.07) is 0. The Labute approximate surface area is 120 Å². The van der Waals surface area contributed by atoms with Gasteiger partial charge in [0.25, 0.3) is 0 Å². The van der Waals surface area contributed by atoms with Crippen LogP contribution in [0.5, 0.6) is 11.8 Å². The Hall–Kier alpha value is -1.40. The highest BCUT2D eigenvalue weighted by Gasteiger charge is 2.18. The molecule has 6 nitrogen and oxygen atoms in total. The molecule has 114 valence electrons. The quantitative estimate of drug-likeness (QED) is 0.713. The molecular weight excluding hydrogens is 258 g/mol. The first-order valence-electron chi connectivity index (χ1n) is 6.77. The molecule has 0 aromatic carbocycles. The van der Waals surface area contributed by atoms with Crippen molar-refractivity contribution < 1.29 is 14.6 Å². The molecule has 0 spiro atoms. The van der Waals surface area contributed by atoms with Crippen LogP contribution in [0.25, 0.3) is 0 Å². The molecule has 1 rings (SSSR count). The standard InChI is InChI=1S/C14H25N3O3/c1-14(2,6-5-7-18)9-15-8-11-12(19-3)16-10-17-13(11)20-4/h10,15,18H,5-9H2,1-4H3. The van der Waals surface area contributed by atoms with E-state index in [1.54, 1.807) is 14.2 Å². The van der Waals surface area contributed by atoms with Crippen molar-refractivity contribution >= 4 is 0 Å². The summed E-state index contributed by atoms with van der Waals surface area (Å²) >= 11 is 0. The smallest absolute Gasteiger partial charge is 0.224 e. The van der Waals surface area contributed by atoms with E-state index < -0.39 is 0 Å². The normalized spacial score (nSPS) is 11.4. The molecule has 0 unspecified atom stereocenters. The Balaban J connectivity index is 2.61. The van der Waals surface area contributed by atoms with Crippen LogP contribution < -0.4 is 14.8 Å². The van der Waals surface area contributed by atoms with Gasteiger partial charge in [-0.05, 0) is 18.3 Å². The Morgan fingerprint density at radius 3 is 2.30 bits per heavy atom. The lowest BCUT2D eigenvalue weighted by molar-refractivity contribution is 0.235. The van der Waals surface area contributed by atoms with Crippen molar-refractivity contribution in [1.29, 1.82) is 0 Å². The van der Waals surface area contributed by atoms with Crippen LogP contribution in [0.1, 0.15) is 32.3 Å². The molecule has 1 aromatic heterocycles. The van der Waals surface area contributed by atoms with Crippen LogP contribution in [0, 0.1) is 5.41 Å². The minimum Gasteiger partial charge on any atom is -0.481 e. The van der Waals surface area contributed by atoms with E-state index in [0.29, 0.717) is 18.3 Å². The molecule has 0 saturated heterocycles. The van der Waals surface area contributed by atoms with Crippen molar-refractivity contribution in [2.75, 3.05) is 27.4 Å². The number of ether oxygens (including phenoxy) is 2. The van der Waals surface area contributed by atoms with Crippen molar-refractivity contribution in [3.05, 3.63) is 11.9 Å². The lowest BCUT2D eigenvalue weighted by atomic mass is 9.88. The Kier molecular flexibility index (Phi) is 6.67. The van der Waals surface area contributed by atoms with Gasteiger partial charge in [-0.25, -0.2) is 9.97 Å². The molecule has 6 heteroatoms. The predicted molar refractivity (Wildman–Crippen MR) is 76.9 cm³/mol. The Bertz CT molecular complexity index is 388. The third kappa shape index (κ3) is 4.94. The molecule has 0 bridgehead atoms. The molecule has 0 aliphatic rings. The van der Waals surface area contributed by atoms with Crippen molar-refractivity contribution in [3.63, 3.8) is 0 Å². The first-order chi connectivity index (χ1) is 9.54. The molecule has 20 heavy (non-hydrogen) atoms. The first-order valence-corrected chi connectivity index (χ1v) is 6.77. The molecule has 1 aromatic rings. The molecule has 0 aliphatic carbocycles. The fraction of sp³-hybridized carbons (Fsp3) is 0.714. The second-order valence-corrected chi connectivity index (χ2v) is 5.47. The van der Waals surface area contributed by atoms with E-state index in [0.717, 1.165) is 24.9 Å². The van der Waals surface area contributed by atoms with Gasteiger partial charge in [0.15, 0.2) is 0 Å². The molecule has 0 radical (unpaired) electrons. The number of rotatable bonds is 9. The van der Waals surface area contributed by atoms with E-state index in [1.165, 1.54) is 6.33 Å². The topological polar surface area (TPSA) is 76.5 Å². The zero-order valence-electron chi connectivity index (χ0n) is 12.8. The zero-order chi connectivity index (χ0) is 15.0. The number of hydrogen-bond donors (Lipinski definition) is 2. The Morgan fingerprint density at radius 2 is 1.80 bits per heavy atom. The molecule has 0 saturated carbocycles. The fourth-order valence-corrected chi connectivity index (χ4v) is 2.06. The zero-order valence-corrected chi connectivity index (χ0v) is 12.8. The van der Waals surface area contributed by atoms with E-state index in [1.807, 2.05) is 0 Å². The highest BCUT2D eigenvalue weighted by atomic mass is 16.5. The maximum absolute atomic E-state index is 8.90. The minimum atomic E-state index is 0.124. The molecule has 0 aliphatic heterocycles. The van der Waals surface area contributed by atoms with Crippen LogP contribution in [-0.2, 0) is 6.54 Å². The minimum absolute atomic E-state index is 0.124. The van der Waals surface area contributed by atoms with Crippen LogP contribution in [-0.4, -0.2) is 42.4 Å². The van der Waals surface area contributed by atoms with Crippen LogP contribution >= 0.6 is 0 Å². The third-order valence-electron chi connectivity index (χ3n) is 3.17. The molecule has 0 amide bonds. The fourth-order valence-electron chi connectivity index (χ4n) is 2.06. The van der Waals surface area contributed by atoms with Gasteiger partial charge >= 0.3 is 0 Å². The lowest BCUT2D eigenvalue weighted by Crippen LogP contribution is -2.29. The summed E-state index contributed by atoms with van der Waals surface area (Å²) in [5.74, 6) is 1.05. The van der Waals surface area contributed by atoms with Crippen LogP contribution in [0.4, 0.5) is 0 Å². The third-order valence-corrected chi connectivity index (χ3v) is 3.17. The maximum atomic E-state index is 8.90. The largest absolute Gasteiger partial charge is 0.481 e. The number of methoxy groups -OCH3 is 2. The van der Waals surface area contributed by atoms with E-state index in [-0.39, 0.29) is 12.0 Å². The number of hydrogen-bond acceptors (Lipinski definition) is 6. The average molecular weight is 283 g/mol. The number of aliphatic hydroxyl groups is 1. The molecule has 2 N–H and O–H groups in total.